The normalized spacial score (nSPS) is 11.4. The molecule has 10 heteroatoms. The van der Waals surface area contributed by atoms with E-state index in [2.05, 4.69) is 19.9 Å². The van der Waals surface area contributed by atoms with Crippen LogP contribution in [0.3, 0.4) is 0 Å². The van der Waals surface area contributed by atoms with Crippen LogP contribution in [0.25, 0.3) is 28.3 Å². The second kappa shape index (κ2) is 8.91. The summed E-state index contributed by atoms with van der Waals surface area (Å²) in [6.45, 7) is 2.17. The molecule has 0 saturated heterocycles. The fourth-order valence-corrected chi connectivity index (χ4v) is 4.72. The van der Waals surface area contributed by atoms with Crippen LogP contribution in [0.5, 0.6) is 5.75 Å². The number of para-hydroxylation sites is 1. The average Bonchev–Trinajstić information content (AvgIpc) is 3.28. The van der Waals surface area contributed by atoms with Crippen molar-refractivity contribution < 1.29 is 13.2 Å². The van der Waals surface area contributed by atoms with E-state index in [1.807, 2.05) is 30.3 Å². The summed E-state index contributed by atoms with van der Waals surface area (Å²) < 4.78 is 35.9. The Labute approximate surface area is 196 Å². The molecule has 0 saturated carbocycles. The van der Waals surface area contributed by atoms with Gasteiger partial charge in [-0.1, -0.05) is 24.3 Å². The van der Waals surface area contributed by atoms with E-state index in [0.717, 1.165) is 11.1 Å². The van der Waals surface area contributed by atoms with Crippen molar-refractivity contribution in [3.63, 3.8) is 0 Å². The fourth-order valence-electron chi connectivity index (χ4n) is 3.52. The van der Waals surface area contributed by atoms with Crippen LogP contribution in [-0.4, -0.2) is 39.8 Å². The Balaban J connectivity index is 1.49. The summed E-state index contributed by atoms with van der Waals surface area (Å²) in [5, 5.41) is 13.1. The molecule has 0 fully saturated rings. The molecule has 2 aromatic carbocycles. The summed E-state index contributed by atoms with van der Waals surface area (Å²) in [6, 6.07) is 20.9. The van der Waals surface area contributed by atoms with Crippen LogP contribution < -0.4 is 9.46 Å². The molecule has 0 amide bonds. The highest BCUT2D eigenvalue weighted by Gasteiger charge is 2.20. The number of aromatic nitrogens is 5. The van der Waals surface area contributed by atoms with Crippen LogP contribution in [0, 0.1) is 0 Å². The molecule has 0 atom stereocenters. The van der Waals surface area contributed by atoms with Gasteiger partial charge in [-0.2, -0.15) is 9.61 Å². The first-order valence-electron chi connectivity index (χ1n) is 10.5. The van der Waals surface area contributed by atoms with E-state index in [9.17, 15) is 8.42 Å². The maximum atomic E-state index is 13.1. The third kappa shape index (κ3) is 4.18. The van der Waals surface area contributed by atoms with Crippen LogP contribution in [0.15, 0.2) is 90.1 Å². The molecule has 3 aromatic heterocycles. The number of benzene rings is 2. The smallest absolute Gasteiger partial charge is 0.265 e. The zero-order valence-electron chi connectivity index (χ0n) is 18.2. The van der Waals surface area contributed by atoms with E-state index >= 15 is 0 Å². The molecule has 9 nitrogen and oxygen atoms in total. The van der Waals surface area contributed by atoms with Crippen molar-refractivity contribution >= 4 is 21.4 Å². The van der Waals surface area contributed by atoms with Crippen molar-refractivity contribution in [2.75, 3.05) is 11.3 Å². The molecular formula is C24H20N6O3S. The molecule has 0 bridgehead atoms. The number of nitrogens with one attached hydrogen (secondary N) is 1. The topological polar surface area (TPSA) is 111 Å². The van der Waals surface area contributed by atoms with E-state index in [1.54, 1.807) is 60.2 Å². The Morgan fingerprint density at radius 1 is 0.912 bits per heavy atom. The number of rotatable bonds is 7. The van der Waals surface area contributed by atoms with Gasteiger partial charge in [-0.15, -0.1) is 10.2 Å². The molecule has 0 aliphatic heterocycles. The SMILES string of the molecule is CCOc1ccccc1S(=O)(=O)Nc1cccc(-c2ccc3nnc(-c4ccncc4)n3n2)c1. The summed E-state index contributed by atoms with van der Waals surface area (Å²) in [5.74, 6) is 0.890. The average molecular weight is 473 g/mol. The first-order valence-corrected chi connectivity index (χ1v) is 12.0. The van der Waals surface area contributed by atoms with E-state index in [1.165, 1.54) is 6.07 Å². The molecule has 34 heavy (non-hydrogen) atoms. The summed E-state index contributed by atoms with van der Waals surface area (Å²) in [5.41, 5.74) is 3.21. The van der Waals surface area contributed by atoms with E-state index in [4.69, 9.17) is 9.84 Å². The number of hydrogen-bond donors (Lipinski definition) is 1. The van der Waals surface area contributed by atoms with E-state index < -0.39 is 10.0 Å². The summed E-state index contributed by atoms with van der Waals surface area (Å²) >= 11 is 0. The lowest BCUT2D eigenvalue weighted by atomic mass is 10.1. The number of sulfonamides is 1. The second-order valence-corrected chi connectivity index (χ2v) is 8.96. The fraction of sp³-hybridized carbons (Fsp3) is 0.0833. The zero-order valence-corrected chi connectivity index (χ0v) is 19.0. The lowest BCUT2D eigenvalue weighted by Gasteiger charge is -2.13. The first kappa shape index (κ1) is 21.5. The van der Waals surface area contributed by atoms with Gasteiger partial charge >= 0.3 is 0 Å². The van der Waals surface area contributed by atoms with Crippen LogP contribution in [-0.2, 0) is 10.0 Å². The Hall–Kier alpha value is -4.31. The Bertz CT molecular complexity index is 1570. The molecule has 5 aromatic rings. The quantitative estimate of drug-likeness (QED) is 0.380. The van der Waals surface area contributed by atoms with Gasteiger partial charge in [0.2, 0.25) is 0 Å². The Morgan fingerprint density at radius 2 is 1.74 bits per heavy atom. The largest absolute Gasteiger partial charge is 0.492 e. The van der Waals surface area contributed by atoms with E-state index in [-0.39, 0.29) is 4.90 Å². The summed E-state index contributed by atoms with van der Waals surface area (Å²) in [4.78, 5) is 4.11. The predicted molar refractivity (Wildman–Crippen MR) is 128 cm³/mol. The van der Waals surface area contributed by atoms with Crippen molar-refractivity contribution in [3.8, 4) is 28.4 Å². The highest BCUT2D eigenvalue weighted by Crippen LogP contribution is 2.28. The van der Waals surface area contributed by atoms with Gasteiger partial charge in [0.1, 0.15) is 10.6 Å². The van der Waals surface area contributed by atoms with Crippen LogP contribution in [0.2, 0.25) is 0 Å². The molecule has 1 N–H and O–H groups in total. The number of nitrogens with zero attached hydrogens (tertiary/aromatic N) is 5. The van der Waals surface area contributed by atoms with E-state index in [0.29, 0.717) is 35.2 Å². The lowest BCUT2D eigenvalue weighted by molar-refractivity contribution is 0.331. The number of pyridine rings is 1. The minimum absolute atomic E-state index is 0.0771. The van der Waals surface area contributed by atoms with Crippen molar-refractivity contribution in [3.05, 3.63) is 85.2 Å². The molecule has 0 aliphatic carbocycles. The van der Waals surface area contributed by atoms with Crippen LogP contribution in [0.1, 0.15) is 6.92 Å². The number of anilines is 1. The number of fused-ring (bicyclic) bond motifs is 1. The van der Waals surface area contributed by atoms with Gasteiger partial charge in [0.15, 0.2) is 11.5 Å². The lowest BCUT2D eigenvalue weighted by Crippen LogP contribution is -2.14. The van der Waals surface area contributed by atoms with Gasteiger partial charge in [0.25, 0.3) is 10.0 Å². The van der Waals surface area contributed by atoms with Crippen molar-refractivity contribution in [2.24, 2.45) is 0 Å². The molecule has 170 valence electrons. The second-order valence-electron chi connectivity index (χ2n) is 7.31. The molecule has 0 unspecified atom stereocenters. The molecular weight excluding hydrogens is 452 g/mol. The molecule has 3 heterocycles. The highest BCUT2D eigenvalue weighted by atomic mass is 32.2. The third-order valence-electron chi connectivity index (χ3n) is 5.05. The van der Waals surface area contributed by atoms with Crippen LogP contribution >= 0.6 is 0 Å². The van der Waals surface area contributed by atoms with Gasteiger partial charge in [0.05, 0.1) is 12.3 Å². The predicted octanol–water partition coefficient (Wildman–Crippen LogP) is 4.05. The Kier molecular flexibility index (Phi) is 5.64. The molecule has 5 rings (SSSR count). The number of hydrogen-bond acceptors (Lipinski definition) is 7. The highest BCUT2D eigenvalue weighted by molar-refractivity contribution is 7.92. The number of ether oxygens (including phenoxy) is 1. The van der Waals surface area contributed by atoms with Gasteiger partial charge in [0, 0.05) is 29.2 Å². The minimum atomic E-state index is -3.86. The maximum absolute atomic E-state index is 13.1. The summed E-state index contributed by atoms with van der Waals surface area (Å²) in [7, 11) is -3.86. The van der Waals surface area contributed by atoms with Crippen molar-refractivity contribution in [1.29, 1.82) is 0 Å². The van der Waals surface area contributed by atoms with Gasteiger partial charge in [-0.05, 0) is 55.5 Å². The van der Waals surface area contributed by atoms with Crippen molar-refractivity contribution in [1.82, 2.24) is 24.8 Å². The third-order valence-corrected chi connectivity index (χ3v) is 6.47. The monoisotopic (exact) mass is 472 g/mol. The first-order chi connectivity index (χ1) is 16.5. The summed E-state index contributed by atoms with van der Waals surface area (Å²) in [6.07, 6.45) is 3.36. The maximum Gasteiger partial charge on any atom is 0.265 e. The van der Waals surface area contributed by atoms with Gasteiger partial charge in [-0.25, -0.2) is 8.42 Å². The zero-order chi connectivity index (χ0) is 23.5. The van der Waals surface area contributed by atoms with Crippen LogP contribution in [0.4, 0.5) is 5.69 Å². The molecule has 0 spiro atoms. The van der Waals surface area contributed by atoms with Gasteiger partial charge in [-0.3, -0.25) is 9.71 Å². The van der Waals surface area contributed by atoms with Gasteiger partial charge < -0.3 is 4.74 Å². The standard InChI is InChI=1S/C24H20N6O3S/c1-2-33-21-8-3-4-9-22(21)34(31,32)29-19-7-5-6-18(16-19)20-10-11-23-26-27-24(30(23)28-20)17-12-14-25-15-13-17/h3-16,29H,2H2,1H3. The van der Waals surface area contributed by atoms with Crippen molar-refractivity contribution in [2.45, 2.75) is 11.8 Å². The minimum Gasteiger partial charge on any atom is -0.492 e. The Morgan fingerprint density at radius 3 is 2.56 bits per heavy atom. The molecule has 0 radical (unpaired) electrons. The molecule has 0 aliphatic rings.